The predicted octanol–water partition coefficient (Wildman–Crippen LogP) is 3.90. The summed E-state index contributed by atoms with van der Waals surface area (Å²) < 4.78 is 5.15. The molecular weight excluding hydrogens is 270 g/mol. The molecule has 0 radical (unpaired) electrons. The van der Waals surface area contributed by atoms with Gasteiger partial charge in [0.05, 0.1) is 18.0 Å². The molecule has 0 fully saturated rings. The summed E-state index contributed by atoms with van der Waals surface area (Å²) in [6.45, 7) is 4.04. The minimum absolute atomic E-state index is 0.0239. The number of nitrogens with zero attached hydrogens (tertiary/aromatic N) is 1. The zero-order chi connectivity index (χ0) is 14.7. The number of thiophene rings is 1. The lowest BCUT2D eigenvalue weighted by atomic mass is 10.1. The highest BCUT2D eigenvalue weighted by molar-refractivity contribution is 7.13. The van der Waals surface area contributed by atoms with E-state index < -0.39 is 0 Å². The van der Waals surface area contributed by atoms with Gasteiger partial charge >= 0.3 is 0 Å². The quantitative estimate of drug-likeness (QED) is 0.854. The monoisotopic (exact) mass is 289 g/mol. The minimum Gasteiger partial charge on any atom is -0.497 e. The number of amides is 1. The molecule has 2 aromatic rings. The maximum Gasteiger partial charge on any atom is 0.264 e. The van der Waals surface area contributed by atoms with Crippen LogP contribution in [-0.4, -0.2) is 25.0 Å². The highest BCUT2D eigenvalue weighted by atomic mass is 32.1. The summed E-state index contributed by atoms with van der Waals surface area (Å²) in [5.41, 5.74) is 1.09. The van der Waals surface area contributed by atoms with Crippen LogP contribution in [0.4, 0.5) is 0 Å². The summed E-state index contributed by atoms with van der Waals surface area (Å²) in [5, 5.41) is 0. The van der Waals surface area contributed by atoms with Crippen LogP contribution in [0.3, 0.4) is 0 Å². The number of ether oxygens (including phenoxy) is 1. The SMILES string of the molecule is COc1ccc(C(C)N(C)C(=O)c2ccc(C)s2)cc1. The molecule has 0 N–H and O–H groups in total. The van der Waals surface area contributed by atoms with E-state index in [1.54, 1.807) is 12.0 Å². The van der Waals surface area contributed by atoms with Crippen molar-refractivity contribution in [3.8, 4) is 5.75 Å². The van der Waals surface area contributed by atoms with E-state index in [9.17, 15) is 4.79 Å². The third-order valence-corrected chi connectivity index (χ3v) is 4.44. The number of hydrogen-bond acceptors (Lipinski definition) is 3. The van der Waals surface area contributed by atoms with Crippen molar-refractivity contribution < 1.29 is 9.53 Å². The van der Waals surface area contributed by atoms with E-state index in [0.717, 1.165) is 21.1 Å². The average molecular weight is 289 g/mol. The molecule has 2 rings (SSSR count). The smallest absolute Gasteiger partial charge is 0.264 e. The van der Waals surface area contributed by atoms with E-state index in [2.05, 4.69) is 0 Å². The van der Waals surface area contributed by atoms with E-state index in [-0.39, 0.29) is 11.9 Å². The number of methoxy groups -OCH3 is 1. The molecule has 1 unspecified atom stereocenters. The van der Waals surface area contributed by atoms with E-state index in [1.807, 2.05) is 57.3 Å². The van der Waals surface area contributed by atoms with Gasteiger partial charge in [-0.1, -0.05) is 12.1 Å². The van der Waals surface area contributed by atoms with Crippen LogP contribution in [0.5, 0.6) is 5.75 Å². The van der Waals surface area contributed by atoms with Crippen LogP contribution in [-0.2, 0) is 0 Å². The van der Waals surface area contributed by atoms with Gasteiger partial charge in [-0.25, -0.2) is 0 Å². The maximum absolute atomic E-state index is 12.4. The van der Waals surface area contributed by atoms with Crippen LogP contribution in [0.2, 0.25) is 0 Å². The Labute approximate surface area is 123 Å². The summed E-state index contributed by atoms with van der Waals surface area (Å²) in [4.78, 5) is 16.1. The third-order valence-electron chi connectivity index (χ3n) is 3.45. The summed E-state index contributed by atoms with van der Waals surface area (Å²) >= 11 is 1.53. The zero-order valence-electron chi connectivity index (χ0n) is 12.2. The lowest BCUT2D eigenvalue weighted by Gasteiger charge is -2.25. The largest absolute Gasteiger partial charge is 0.497 e. The first-order chi connectivity index (χ1) is 9.52. The molecule has 0 spiro atoms. The fraction of sp³-hybridized carbons (Fsp3) is 0.312. The predicted molar refractivity (Wildman–Crippen MR) is 82.6 cm³/mol. The highest BCUT2D eigenvalue weighted by Crippen LogP contribution is 2.25. The number of carbonyl (C=O) groups is 1. The molecule has 20 heavy (non-hydrogen) atoms. The molecule has 1 aromatic heterocycles. The van der Waals surface area contributed by atoms with Crippen molar-refractivity contribution in [1.82, 2.24) is 4.90 Å². The maximum atomic E-state index is 12.4. The van der Waals surface area contributed by atoms with Gasteiger partial charge in [-0.15, -0.1) is 11.3 Å². The first-order valence-electron chi connectivity index (χ1n) is 6.50. The standard InChI is InChI=1S/C16H19NO2S/c1-11-5-10-15(20-11)16(18)17(3)12(2)13-6-8-14(19-4)9-7-13/h5-10,12H,1-4H3. The van der Waals surface area contributed by atoms with Crippen molar-refractivity contribution in [3.63, 3.8) is 0 Å². The van der Waals surface area contributed by atoms with E-state index >= 15 is 0 Å². The Morgan fingerprint density at radius 2 is 1.85 bits per heavy atom. The molecule has 1 aromatic carbocycles. The molecule has 1 atom stereocenters. The molecule has 0 bridgehead atoms. The molecule has 0 saturated carbocycles. The van der Waals surface area contributed by atoms with Crippen molar-refractivity contribution >= 4 is 17.2 Å². The normalized spacial score (nSPS) is 12.0. The second kappa shape index (κ2) is 6.09. The molecule has 1 heterocycles. The van der Waals surface area contributed by atoms with Crippen LogP contribution in [0.25, 0.3) is 0 Å². The van der Waals surface area contributed by atoms with Gasteiger partial charge in [0, 0.05) is 11.9 Å². The average Bonchev–Trinajstić information content (AvgIpc) is 2.91. The molecule has 0 aliphatic heterocycles. The number of benzene rings is 1. The molecule has 106 valence electrons. The lowest BCUT2D eigenvalue weighted by Crippen LogP contribution is -2.29. The zero-order valence-corrected chi connectivity index (χ0v) is 13.0. The summed E-state index contributed by atoms with van der Waals surface area (Å²) in [6.07, 6.45) is 0. The van der Waals surface area contributed by atoms with Gasteiger partial charge in [0.1, 0.15) is 5.75 Å². The van der Waals surface area contributed by atoms with Crippen LogP contribution in [0, 0.1) is 6.92 Å². The summed E-state index contributed by atoms with van der Waals surface area (Å²) in [5.74, 6) is 0.884. The summed E-state index contributed by atoms with van der Waals surface area (Å²) in [7, 11) is 3.49. The molecule has 0 aliphatic rings. The number of hydrogen-bond donors (Lipinski definition) is 0. The van der Waals surface area contributed by atoms with Crippen molar-refractivity contribution in [2.75, 3.05) is 14.2 Å². The molecular formula is C16H19NO2S. The minimum atomic E-state index is 0.0239. The van der Waals surface area contributed by atoms with Crippen LogP contribution < -0.4 is 4.74 Å². The number of aryl methyl sites for hydroxylation is 1. The number of carbonyl (C=O) groups excluding carboxylic acids is 1. The molecule has 0 aliphatic carbocycles. The second-order valence-electron chi connectivity index (χ2n) is 4.78. The second-order valence-corrected chi connectivity index (χ2v) is 6.06. The van der Waals surface area contributed by atoms with Crippen molar-refractivity contribution in [3.05, 3.63) is 51.7 Å². The fourth-order valence-corrected chi connectivity index (χ4v) is 2.86. The first-order valence-corrected chi connectivity index (χ1v) is 7.32. The lowest BCUT2D eigenvalue weighted by molar-refractivity contribution is 0.0747. The van der Waals surface area contributed by atoms with Crippen molar-refractivity contribution in [1.29, 1.82) is 0 Å². The topological polar surface area (TPSA) is 29.5 Å². The van der Waals surface area contributed by atoms with Crippen LogP contribution in [0.15, 0.2) is 36.4 Å². The van der Waals surface area contributed by atoms with Crippen molar-refractivity contribution in [2.24, 2.45) is 0 Å². The Morgan fingerprint density at radius 3 is 2.35 bits per heavy atom. The van der Waals surface area contributed by atoms with Gasteiger partial charge in [-0.3, -0.25) is 4.79 Å². The number of rotatable bonds is 4. The van der Waals surface area contributed by atoms with Gasteiger partial charge in [0.25, 0.3) is 5.91 Å². The van der Waals surface area contributed by atoms with Crippen LogP contribution in [0.1, 0.15) is 33.1 Å². The van der Waals surface area contributed by atoms with Gasteiger partial charge in [0.2, 0.25) is 0 Å². The summed E-state index contributed by atoms with van der Waals surface area (Å²) in [6, 6.07) is 11.7. The van der Waals surface area contributed by atoms with E-state index in [1.165, 1.54) is 11.3 Å². The Hall–Kier alpha value is -1.81. The Balaban J connectivity index is 2.14. The Bertz CT molecular complexity index is 589. The van der Waals surface area contributed by atoms with Gasteiger partial charge in [-0.05, 0) is 43.7 Å². The van der Waals surface area contributed by atoms with Crippen molar-refractivity contribution in [2.45, 2.75) is 19.9 Å². The van der Waals surface area contributed by atoms with E-state index in [4.69, 9.17) is 4.74 Å². The van der Waals surface area contributed by atoms with Crippen LogP contribution >= 0.6 is 11.3 Å². The molecule has 4 heteroatoms. The highest BCUT2D eigenvalue weighted by Gasteiger charge is 2.20. The molecule has 3 nitrogen and oxygen atoms in total. The Morgan fingerprint density at radius 1 is 1.20 bits per heavy atom. The van der Waals surface area contributed by atoms with E-state index in [0.29, 0.717) is 0 Å². The third kappa shape index (κ3) is 3.02. The van der Waals surface area contributed by atoms with Gasteiger partial charge in [-0.2, -0.15) is 0 Å². The fourth-order valence-electron chi connectivity index (χ4n) is 2.01. The van der Waals surface area contributed by atoms with Gasteiger partial charge < -0.3 is 9.64 Å². The Kier molecular flexibility index (Phi) is 4.45. The molecule has 0 saturated heterocycles. The van der Waals surface area contributed by atoms with Gasteiger partial charge in [0.15, 0.2) is 0 Å². The first kappa shape index (κ1) is 14.6. The molecule has 1 amide bonds.